The zero-order chi connectivity index (χ0) is 18.4. The van der Waals surface area contributed by atoms with Crippen LogP contribution in [0, 0.1) is 0 Å². The monoisotopic (exact) mass is 354 g/mol. The Balaban J connectivity index is 2.75. The van der Waals surface area contributed by atoms with Gasteiger partial charge in [-0.1, -0.05) is 0 Å². The Hall–Kier alpha value is -2.19. The predicted molar refractivity (Wildman–Crippen MR) is 90.9 cm³/mol. The summed E-state index contributed by atoms with van der Waals surface area (Å²) in [6.07, 6.45) is 2.06. The zero-order valence-corrected chi connectivity index (χ0v) is 14.9. The van der Waals surface area contributed by atoms with Gasteiger partial charge >= 0.3 is 5.97 Å². The van der Waals surface area contributed by atoms with Crippen molar-refractivity contribution >= 4 is 27.6 Å². The van der Waals surface area contributed by atoms with Crippen LogP contribution in [-0.2, 0) is 24.3 Å². The first-order valence-electron chi connectivity index (χ1n) is 7.33. The van der Waals surface area contributed by atoms with Crippen molar-refractivity contribution in [3.8, 4) is 0 Å². The molecule has 0 spiro atoms. The van der Waals surface area contributed by atoms with E-state index in [1.807, 2.05) is 0 Å². The number of esters is 1. The van der Waals surface area contributed by atoms with Crippen molar-refractivity contribution in [2.75, 3.05) is 11.9 Å². The summed E-state index contributed by atoms with van der Waals surface area (Å²) in [7, 11) is -3.63. The average molecular weight is 354 g/mol. The third-order valence-electron chi connectivity index (χ3n) is 2.53. The number of hydrogen-bond acceptors (Lipinski definition) is 5. The molecule has 0 aliphatic rings. The van der Waals surface area contributed by atoms with Crippen LogP contribution in [0.5, 0.6) is 0 Å². The van der Waals surface area contributed by atoms with Crippen molar-refractivity contribution in [2.45, 2.75) is 38.1 Å². The van der Waals surface area contributed by atoms with E-state index in [4.69, 9.17) is 0 Å². The van der Waals surface area contributed by atoms with Crippen LogP contribution >= 0.6 is 0 Å². The lowest BCUT2D eigenvalue weighted by Gasteiger charge is -2.20. The molecule has 0 fully saturated rings. The summed E-state index contributed by atoms with van der Waals surface area (Å²) in [5, 5.41) is 2.52. The maximum absolute atomic E-state index is 12.2. The number of anilines is 1. The second-order valence-corrected chi connectivity index (χ2v) is 7.64. The Kier molecular flexibility index (Phi) is 6.68. The van der Waals surface area contributed by atoms with Crippen LogP contribution in [-0.4, -0.2) is 32.4 Å². The number of sulfonamides is 1. The number of carbonyl (C=O) groups is 2. The highest BCUT2D eigenvalue weighted by atomic mass is 32.2. The number of amides is 1. The summed E-state index contributed by atoms with van der Waals surface area (Å²) < 4.78 is 31.5. The number of carbonyl (C=O) groups excluding carboxylic acids is 2. The Bertz CT molecular complexity index is 716. The fraction of sp³-hybridized carbons (Fsp3) is 0.375. The number of hydrogen-bond donors (Lipinski definition) is 2. The largest absolute Gasteiger partial charge is 0.463 e. The molecule has 0 unspecified atom stereocenters. The SMILES string of the molecule is CCOC(=O)C=CC(=O)Nc1ccc(S(=O)(=O)NC(C)(C)C)cc1. The number of ether oxygens (including phenoxy) is 1. The Morgan fingerprint density at radius 2 is 1.71 bits per heavy atom. The van der Waals surface area contributed by atoms with Crippen LogP contribution in [0.4, 0.5) is 5.69 Å². The van der Waals surface area contributed by atoms with E-state index in [1.165, 1.54) is 24.3 Å². The molecule has 2 N–H and O–H groups in total. The Labute approximate surface area is 142 Å². The molecular formula is C16H22N2O5S. The summed E-state index contributed by atoms with van der Waals surface area (Å²) in [5.74, 6) is -1.13. The fourth-order valence-corrected chi connectivity index (χ4v) is 3.12. The third kappa shape index (κ3) is 6.93. The van der Waals surface area contributed by atoms with Gasteiger partial charge in [0, 0.05) is 23.4 Å². The van der Waals surface area contributed by atoms with Crippen molar-refractivity contribution < 1.29 is 22.7 Å². The molecule has 0 atom stereocenters. The zero-order valence-electron chi connectivity index (χ0n) is 14.1. The average Bonchev–Trinajstić information content (AvgIpc) is 2.43. The number of benzene rings is 1. The van der Waals surface area contributed by atoms with Gasteiger partial charge in [-0.25, -0.2) is 17.9 Å². The maximum atomic E-state index is 12.2. The highest BCUT2D eigenvalue weighted by Gasteiger charge is 2.21. The molecule has 0 aromatic heterocycles. The minimum Gasteiger partial charge on any atom is -0.463 e. The maximum Gasteiger partial charge on any atom is 0.330 e. The van der Waals surface area contributed by atoms with Gasteiger partial charge in [0.1, 0.15) is 0 Å². The number of nitrogens with one attached hydrogen (secondary N) is 2. The van der Waals surface area contributed by atoms with Crippen LogP contribution < -0.4 is 10.0 Å². The topological polar surface area (TPSA) is 102 Å². The van der Waals surface area contributed by atoms with E-state index in [0.717, 1.165) is 12.2 Å². The highest BCUT2D eigenvalue weighted by molar-refractivity contribution is 7.89. The van der Waals surface area contributed by atoms with E-state index in [0.29, 0.717) is 5.69 Å². The molecule has 0 saturated heterocycles. The molecule has 1 rings (SSSR count). The summed E-state index contributed by atoms with van der Waals surface area (Å²) in [4.78, 5) is 22.9. The van der Waals surface area contributed by atoms with E-state index in [2.05, 4.69) is 14.8 Å². The predicted octanol–water partition coefficient (Wildman–Crippen LogP) is 1.82. The van der Waals surface area contributed by atoms with E-state index in [1.54, 1.807) is 27.7 Å². The second kappa shape index (κ2) is 8.07. The minimum absolute atomic E-state index is 0.0949. The van der Waals surface area contributed by atoms with Gasteiger partial charge < -0.3 is 10.1 Å². The molecule has 0 aliphatic carbocycles. The second-order valence-electron chi connectivity index (χ2n) is 5.95. The lowest BCUT2D eigenvalue weighted by atomic mass is 10.1. The van der Waals surface area contributed by atoms with Crippen molar-refractivity contribution in [2.24, 2.45) is 0 Å². The van der Waals surface area contributed by atoms with Gasteiger partial charge in [-0.15, -0.1) is 0 Å². The van der Waals surface area contributed by atoms with Crippen molar-refractivity contribution in [1.29, 1.82) is 0 Å². The third-order valence-corrected chi connectivity index (χ3v) is 4.30. The first-order chi connectivity index (χ1) is 11.0. The molecule has 1 aromatic rings. The first kappa shape index (κ1) is 19.9. The van der Waals surface area contributed by atoms with E-state index >= 15 is 0 Å². The van der Waals surface area contributed by atoms with Crippen molar-refractivity contribution in [3.05, 3.63) is 36.4 Å². The molecule has 0 bridgehead atoms. The highest BCUT2D eigenvalue weighted by Crippen LogP contribution is 2.16. The van der Waals surface area contributed by atoms with E-state index < -0.39 is 27.4 Å². The summed E-state index contributed by atoms with van der Waals surface area (Å²) in [5.41, 5.74) is -0.188. The number of rotatable bonds is 6. The lowest BCUT2D eigenvalue weighted by Crippen LogP contribution is -2.40. The van der Waals surface area contributed by atoms with Gasteiger partial charge in [-0.05, 0) is 52.0 Å². The fourth-order valence-electron chi connectivity index (χ4n) is 1.70. The smallest absolute Gasteiger partial charge is 0.330 e. The van der Waals surface area contributed by atoms with Crippen molar-refractivity contribution in [3.63, 3.8) is 0 Å². The van der Waals surface area contributed by atoms with Gasteiger partial charge in [0.25, 0.3) is 0 Å². The quantitative estimate of drug-likeness (QED) is 0.599. The standard InChI is InChI=1S/C16H22N2O5S/c1-5-23-15(20)11-10-14(19)17-12-6-8-13(9-7-12)24(21,22)18-16(2,3)4/h6-11,18H,5H2,1-4H3,(H,17,19). The summed E-state index contributed by atoms with van der Waals surface area (Å²) in [6.45, 7) is 7.12. The van der Waals surface area contributed by atoms with E-state index in [9.17, 15) is 18.0 Å². The Morgan fingerprint density at radius 1 is 1.12 bits per heavy atom. The lowest BCUT2D eigenvalue weighted by molar-refractivity contribution is -0.137. The van der Waals surface area contributed by atoms with Gasteiger partial charge in [-0.2, -0.15) is 0 Å². The molecule has 7 nitrogen and oxygen atoms in total. The summed E-state index contributed by atoms with van der Waals surface area (Å²) >= 11 is 0. The van der Waals surface area contributed by atoms with Crippen LogP contribution in [0.25, 0.3) is 0 Å². The molecule has 0 saturated carbocycles. The molecule has 24 heavy (non-hydrogen) atoms. The molecule has 0 aliphatic heterocycles. The molecule has 1 amide bonds. The van der Waals surface area contributed by atoms with Crippen LogP contribution in [0.15, 0.2) is 41.3 Å². The first-order valence-corrected chi connectivity index (χ1v) is 8.81. The van der Waals surface area contributed by atoms with E-state index in [-0.39, 0.29) is 11.5 Å². The van der Waals surface area contributed by atoms with Gasteiger partial charge in [0.2, 0.25) is 15.9 Å². The van der Waals surface area contributed by atoms with Gasteiger partial charge in [0.05, 0.1) is 11.5 Å². The molecule has 0 heterocycles. The Morgan fingerprint density at radius 3 is 2.21 bits per heavy atom. The van der Waals surface area contributed by atoms with Gasteiger partial charge in [-0.3, -0.25) is 4.79 Å². The molecule has 0 radical (unpaired) electrons. The molecule has 8 heteroatoms. The van der Waals surface area contributed by atoms with Crippen LogP contribution in [0.3, 0.4) is 0 Å². The normalized spacial score (nSPS) is 12.2. The molecular weight excluding hydrogens is 332 g/mol. The summed E-state index contributed by atoms with van der Waals surface area (Å²) in [6, 6.07) is 5.71. The van der Waals surface area contributed by atoms with Gasteiger partial charge in [0.15, 0.2) is 0 Å². The molecule has 1 aromatic carbocycles. The molecule has 132 valence electrons. The minimum atomic E-state index is -3.63. The van der Waals surface area contributed by atoms with Crippen molar-refractivity contribution in [1.82, 2.24) is 4.72 Å². The van der Waals surface area contributed by atoms with Crippen LogP contribution in [0.1, 0.15) is 27.7 Å². The van der Waals surface area contributed by atoms with Crippen LogP contribution in [0.2, 0.25) is 0 Å².